The second-order valence-electron chi connectivity index (χ2n) is 2.93. The smallest absolute Gasteiger partial charge is 0.349 e. The normalized spacial score (nSPS) is 10.7. The fourth-order valence-electron chi connectivity index (χ4n) is 1.06. The Morgan fingerprint density at radius 2 is 2.25 bits per heavy atom. The van der Waals surface area contributed by atoms with Crippen LogP contribution in [0.15, 0.2) is 6.20 Å². The van der Waals surface area contributed by atoms with Crippen LogP contribution in [0.2, 0.25) is 10.2 Å². The first-order chi connectivity index (χ1) is 7.49. The molecule has 0 unspecified atom stereocenters. The zero-order valence-corrected chi connectivity index (χ0v) is 10.3. The maximum Gasteiger partial charge on any atom is 0.349 e. The second-order valence-corrected chi connectivity index (χ2v) is 4.67. The molecule has 0 atom stereocenters. The number of carbonyl (C=O) groups is 1. The molecule has 0 saturated heterocycles. The highest BCUT2D eigenvalue weighted by Crippen LogP contribution is 2.26. The molecule has 0 fully saturated rings. The molecule has 2 aromatic rings. The molecule has 2 rings (SSSR count). The van der Waals surface area contributed by atoms with Gasteiger partial charge in [0.15, 0.2) is 10.0 Å². The molecule has 0 aliphatic heterocycles. The van der Waals surface area contributed by atoms with Crippen molar-refractivity contribution in [3.63, 3.8) is 0 Å². The second kappa shape index (κ2) is 4.04. The van der Waals surface area contributed by atoms with Gasteiger partial charge in [-0.1, -0.05) is 34.5 Å². The van der Waals surface area contributed by atoms with Crippen LogP contribution in [0.4, 0.5) is 0 Å². The summed E-state index contributed by atoms with van der Waals surface area (Å²) in [6.45, 7) is 1.74. The van der Waals surface area contributed by atoms with E-state index in [1.54, 1.807) is 13.1 Å². The van der Waals surface area contributed by atoms with Crippen LogP contribution in [-0.2, 0) is 0 Å². The molecule has 0 spiro atoms. The van der Waals surface area contributed by atoms with Crippen molar-refractivity contribution in [1.29, 1.82) is 0 Å². The van der Waals surface area contributed by atoms with E-state index in [0.29, 0.717) is 15.8 Å². The number of halogens is 2. The predicted molar refractivity (Wildman–Crippen MR) is 61.0 cm³/mol. The van der Waals surface area contributed by atoms with E-state index in [1.165, 1.54) is 4.68 Å². The minimum Gasteiger partial charge on any atom is -0.477 e. The van der Waals surface area contributed by atoms with E-state index >= 15 is 0 Å². The Kier molecular flexibility index (Phi) is 2.88. The lowest BCUT2D eigenvalue weighted by atomic mass is 10.5. The molecule has 0 bridgehead atoms. The Morgan fingerprint density at radius 3 is 2.69 bits per heavy atom. The van der Waals surface area contributed by atoms with E-state index in [-0.39, 0.29) is 10.0 Å². The summed E-state index contributed by atoms with van der Waals surface area (Å²) >= 11 is 12.5. The van der Waals surface area contributed by atoms with Crippen molar-refractivity contribution in [2.75, 3.05) is 0 Å². The molecule has 84 valence electrons. The van der Waals surface area contributed by atoms with E-state index in [1.807, 2.05) is 0 Å². The summed E-state index contributed by atoms with van der Waals surface area (Å²) in [5.74, 6) is -1.11. The van der Waals surface area contributed by atoms with Gasteiger partial charge in [0.1, 0.15) is 0 Å². The van der Waals surface area contributed by atoms with Gasteiger partial charge in [-0.15, -0.1) is 0 Å². The molecule has 0 amide bonds. The molecule has 0 aliphatic carbocycles. The third-order valence-corrected chi connectivity index (χ3v) is 3.59. The number of hydrogen-bond donors (Lipinski definition) is 1. The van der Waals surface area contributed by atoms with Crippen LogP contribution >= 0.6 is 34.5 Å². The number of aromatic nitrogens is 3. The SMILES string of the molecule is Cc1nn(-c2nc(Cl)c(C(=O)O)s2)cc1Cl. The van der Waals surface area contributed by atoms with Crippen molar-refractivity contribution in [3.8, 4) is 5.13 Å². The maximum atomic E-state index is 10.8. The van der Waals surface area contributed by atoms with Gasteiger partial charge in [-0.05, 0) is 6.92 Å². The Bertz CT molecular complexity index is 544. The highest BCUT2D eigenvalue weighted by Gasteiger charge is 2.17. The fraction of sp³-hybridized carbons (Fsp3) is 0.125. The number of hydrogen-bond acceptors (Lipinski definition) is 4. The highest BCUT2D eigenvalue weighted by molar-refractivity contribution is 7.16. The van der Waals surface area contributed by atoms with Crippen LogP contribution in [-0.4, -0.2) is 25.8 Å². The summed E-state index contributed by atoms with van der Waals surface area (Å²) in [6.07, 6.45) is 1.55. The molecule has 2 aromatic heterocycles. The average molecular weight is 278 g/mol. The third-order valence-electron chi connectivity index (χ3n) is 1.80. The van der Waals surface area contributed by atoms with Gasteiger partial charge in [0, 0.05) is 0 Å². The minimum absolute atomic E-state index is 0.0130. The molecule has 5 nitrogen and oxygen atoms in total. The summed E-state index contributed by atoms with van der Waals surface area (Å²) in [7, 11) is 0. The average Bonchev–Trinajstić information content (AvgIpc) is 2.71. The molecule has 16 heavy (non-hydrogen) atoms. The predicted octanol–water partition coefficient (Wildman–Crippen LogP) is 2.64. The van der Waals surface area contributed by atoms with Crippen molar-refractivity contribution in [3.05, 3.63) is 26.9 Å². The van der Waals surface area contributed by atoms with Gasteiger partial charge in [-0.3, -0.25) is 0 Å². The molecule has 8 heteroatoms. The van der Waals surface area contributed by atoms with Crippen molar-refractivity contribution in [2.24, 2.45) is 0 Å². The summed E-state index contributed by atoms with van der Waals surface area (Å²) < 4.78 is 1.40. The largest absolute Gasteiger partial charge is 0.477 e. The van der Waals surface area contributed by atoms with Gasteiger partial charge in [0.05, 0.1) is 16.9 Å². The fourth-order valence-corrected chi connectivity index (χ4v) is 2.24. The lowest BCUT2D eigenvalue weighted by Gasteiger charge is -1.91. The van der Waals surface area contributed by atoms with Gasteiger partial charge in [0.2, 0.25) is 5.13 Å². The Morgan fingerprint density at radius 1 is 1.56 bits per heavy atom. The quantitative estimate of drug-likeness (QED) is 0.916. The number of aromatic carboxylic acids is 1. The number of carboxylic acid groups (broad SMARTS) is 1. The maximum absolute atomic E-state index is 10.8. The topological polar surface area (TPSA) is 68.0 Å². The Hall–Kier alpha value is -1.11. The van der Waals surface area contributed by atoms with E-state index in [2.05, 4.69) is 10.1 Å². The lowest BCUT2D eigenvalue weighted by molar-refractivity contribution is 0.0702. The summed E-state index contributed by atoms with van der Waals surface area (Å²) in [4.78, 5) is 14.7. The Balaban J connectivity index is 2.49. The van der Waals surface area contributed by atoms with E-state index in [0.717, 1.165) is 11.3 Å². The third kappa shape index (κ3) is 1.91. The number of thiazole rings is 1. The lowest BCUT2D eigenvalue weighted by Crippen LogP contribution is -1.93. The molecular formula is C8H5Cl2N3O2S. The molecule has 0 aromatic carbocycles. The van der Waals surface area contributed by atoms with Gasteiger partial charge in [-0.25, -0.2) is 14.5 Å². The number of nitrogens with zero attached hydrogens (tertiary/aromatic N) is 3. The first-order valence-electron chi connectivity index (χ1n) is 4.11. The number of rotatable bonds is 2. The summed E-state index contributed by atoms with van der Waals surface area (Å²) in [5.41, 5.74) is 0.643. The van der Waals surface area contributed by atoms with Crippen molar-refractivity contribution in [2.45, 2.75) is 6.92 Å². The summed E-state index contributed by atoms with van der Waals surface area (Å²) in [5, 5.41) is 13.7. The molecule has 2 heterocycles. The van der Waals surface area contributed by atoms with Crippen LogP contribution in [0.3, 0.4) is 0 Å². The molecule has 0 aliphatic rings. The standard InChI is InChI=1S/C8H5Cl2N3O2S/c1-3-4(9)2-13(12-3)8-11-6(10)5(16-8)7(14)15/h2H,1H3,(H,14,15). The van der Waals surface area contributed by atoms with Crippen molar-refractivity contribution in [1.82, 2.24) is 14.8 Å². The molecule has 0 saturated carbocycles. The zero-order valence-electron chi connectivity index (χ0n) is 7.94. The van der Waals surface area contributed by atoms with Crippen LogP contribution < -0.4 is 0 Å². The van der Waals surface area contributed by atoms with Crippen molar-refractivity contribution < 1.29 is 9.90 Å². The monoisotopic (exact) mass is 277 g/mol. The van der Waals surface area contributed by atoms with E-state index < -0.39 is 5.97 Å². The molecule has 0 radical (unpaired) electrons. The highest BCUT2D eigenvalue weighted by atomic mass is 35.5. The van der Waals surface area contributed by atoms with Gasteiger partial charge < -0.3 is 5.11 Å². The van der Waals surface area contributed by atoms with Gasteiger partial charge in [0.25, 0.3) is 0 Å². The van der Waals surface area contributed by atoms with Gasteiger partial charge >= 0.3 is 5.97 Å². The first kappa shape index (κ1) is 11.4. The summed E-state index contributed by atoms with van der Waals surface area (Å²) in [6, 6.07) is 0. The number of aryl methyl sites for hydroxylation is 1. The van der Waals surface area contributed by atoms with Crippen LogP contribution in [0.5, 0.6) is 0 Å². The minimum atomic E-state index is -1.11. The zero-order chi connectivity index (χ0) is 11.9. The van der Waals surface area contributed by atoms with Gasteiger partial charge in [-0.2, -0.15) is 5.10 Å². The van der Waals surface area contributed by atoms with Crippen molar-refractivity contribution >= 4 is 40.5 Å². The van der Waals surface area contributed by atoms with Crippen LogP contribution in [0.25, 0.3) is 5.13 Å². The first-order valence-corrected chi connectivity index (χ1v) is 5.68. The van der Waals surface area contributed by atoms with Crippen LogP contribution in [0, 0.1) is 6.92 Å². The van der Waals surface area contributed by atoms with E-state index in [9.17, 15) is 4.79 Å². The molecule has 1 N–H and O–H groups in total. The number of carboxylic acids is 1. The Labute approximate surface area is 104 Å². The van der Waals surface area contributed by atoms with Crippen LogP contribution in [0.1, 0.15) is 15.4 Å². The molecular weight excluding hydrogens is 273 g/mol. The van der Waals surface area contributed by atoms with E-state index in [4.69, 9.17) is 28.3 Å².